The number of esters is 1. The quantitative estimate of drug-likeness (QED) is 0.547. The lowest BCUT2D eigenvalue weighted by atomic mass is 9.59. The zero-order valence-corrected chi connectivity index (χ0v) is 14.0. The molecule has 2 rings (SSSR count). The fourth-order valence-corrected chi connectivity index (χ4v) is 5.75. The molecule has 1 saturated carbocycles. The Morgan fingerprint density at radius 3 is 2.68 bits per heavy atom. The molecule has 19 heavy (non-hydrogen) atoms. The van der Waals surface area contributed by atoms with Crippen LogP contribution in [0.4, 0.5) is 0 Å². The fourth-order valence-electron chi connectivity index (χ4n) is 3.15. The van der Waals surface area contributed by atoms with E-state index in [-0.39, 0.29) is 33.3 Å². The summed E-state index contributed by atoms with van der Waals surface area (Å²) in [5, 5.41) is 10.0. The maximum atomic E-state index is 12.1. The van der Waals surface area contributed by atoms with Gasteiger partial charge in [-0.05, 0) is 18.3 Å². The molecular formula is C13H16Br2O4. The molecule has 0 amide bonds. The summed E-state index contributed by atoms with van der Waals surface area (Å²) < 4.78 is 4.76. The topological polar surface area (TPSA) is 63.6 Å². The molecule has 0 aromatic carbocycles. The molecule has 106 valence electrons. The molecule has 0 spiro atoms. The molecule has 4 nitrogen and oxygen atoms in total. The number of alkyl halides is 2. The van der Waals surface area contributed by atoms with Crippen molar-refractivity contribution in [3.63, 3.8) is 0 Å². The third-order valence-corrected chi connectivity index (χ3v) is 5.98. The number of hydrogen-bond donors (Lipinski definition) is 1. The number of fused-ring (bicyclic) bond motifs is 1. The second kappa shape index (κ2) is 5.20. The molecule has 0 unspecified atom stereocenters. The van der Waals surface area contributed by atoms with E-state index in [1.54, 1.807) is 0 Å². The van der Waals surface area contributed by atoms with Gasteiger partial charge in [-0.2, -0.15) is 0 Å². The maximum absolute atomic E-state index is 12.1. The Hall–Kier alpha value is -0.360. The summed E-state index contributed by atoms with van der Waals surface area (Å²) in [5.74, 6) is -0.813. The van der Waals surface area contributed by atoms with Crippen molar-refractivity contribution >= 4 is 43.6 Å². The van der Waals surface area contributed by atoms with Crippen molar-refractivity contribution in [3.8, 4) is 0 Å². The van der Waals surface area contributed by atoms with Crippen LogP contribution < -0.4 is 0 Å². The Balaban J connectivity index is 2.50. The van der Waals surface area contributed by atoms with Crippen LogP contribution in [0.15, 0.2) is 11.3 Å². The number of hydrogen-bond acceptors (Lipinski definition) is 4. The predicted octanol–water partition coefficient (Wildman–Crippen LogP) is 2.89. The number of allylic oxidation sites excluding steroid dienone is 1. The van der Waals surface area contributed by atoms with Crippen molar-refractivity contribution in [2.75, 3.05) is 7.11 Å². The Morgan fingerprint density at radius 1 is 1.47 bits per heavy atom. The first-order valence-electron chi connectivity index (χ1n) is 6.14. The van der Waals surface area contributed by atoms with Gasteiger partial charge in [0.1, 0.15) is 5.76 Å². The van der Waals surface area contributed by atoms with E-state index in [2.05, 4.69) is 38.8 Å². The zero-order valence-electron chi connectivity index (χ0n) is 10.8. The van der Waals surface area contributed by atoms with Crippen LogP contribution in [0.5, 0.6) is 0 Å². The van der Waals surface area contributed by atoms with Crippen molar-refractivity contribution in [1.82, 2.24) is 0 Å². The largest absolute Gasteiger partial charge is 0.512 e. The van der Waals surface area contributed by atoms with E-state index in [0.29, 0.717) is 12.8 Å². The lowest BCUT2D eigenvalue weighted by Crippen LogP contribution is -2.51. The molecule has 1 fully saturated rings. The van der Waals surface area contributed by atoms with Crippen LogP contribution in [0.3, 0.4) is 0 Å². The number of halogens is 2. The Morgan fingerprint density at radius 2 is 2.11 bits per heavy atom. The number of ketones is 1. The van der Waals surface area contributed by atoms with Gasteiger partial charge in [0.15, 0.2) is 5.78 Å². The standard InChI is InChI=1S/C13H16Br2O4/c1-13-4-3-7(16)8(12(18)19-2)9(13)10(15)11(17)6(14)5-13/h6,9-10,16H,3-5H2,1-2H3/t6-,9+,10-,13-/m1/s1. The number of aliphatic hydroxyl groups excluding tert-OH is 1. The molecular weight excluding hydrogens is 380 g/mol. The van der Waals surface area contributed by atoms with Gasteiger partial charge in [-0.3, -0.25) is 4.79 Å². The smallest absolute Gasteiger partial charge is 0.337 e. The van der Waals surface area contributed by atoms with Gasteiger partial charge in [0.05, 0.1) is 22.3 Å². The number of aliphatic hydroxyl groups is 1. The summed E-state index contributed by atoms with van der Waals surface area (Å²) in [4.78, 5) is 23.4. The normalized spacial score (nSPS) is 38.9. The van der Waals surface area contributed by atoms with Gasteiger partial charge in [-0.15, -0.1) is 0 Å². The lowest BCUT2D eigenvalue weighted by Gasteiger charge is -2.48. The van der Waals surface area contributed by atoms with Crippen LogP contribution in [0, 0.1) is 11.3 Å². The highest BCUT2D eigenvalue weighted by Crippen LogP contribution is 2.54. The van der Waals surface area contributed by atoms with E-state index in [4.69, 9.17) is 4.74 Å². The molecule has 6 heteroatoms. The first-order chi connectivity index (χ1) is 8.81. The molecule has 1 N–H and O–H groups in total. The third kappa shape index (κ3) is 2.37. The number of carbonyl (C=O) groups is 2. The first kappa shape index (κ1) is 15.0. The highest BCUT2D eigenvalue weighted by atomic mass is 79.9. The molecule has 0 aromatic heterocycles. The SMILES string of the molecule is COC(=O)C1=C(O)CC[C@]2(C)C[C@@H](Br)C(=O)[C@H](Br)[C@H]12. The Bertz CT molecular complexity index is 460. The summed E-state index contributed by atoms with van der Waals surface area (Å²) in [6, 6.07) is 0. The number of ether oxygens (including phenoxy) is 1. The average molecular weight is 396 g/mol. The van der Waals surface area contributed by atoms with Crippen LogP contribution in [-0.2, 0) is 14.3 Å². The van der Waals surface area contributed by atoms with E-state index in [1.807, 2.05) is 0 Å². The molecule has 0 aromatic rings. The Labute approximate surface area is 128 Å². The summed E-state index contributed by atoms with van der Waals surface area (Å²) in [6.45, 7) is 2.06. The molecule has 0 heterocycles. The van der Waals surface area contributed by atoms with Crippen molar-refractivity contribution in [2.24, 2.45) is 11.3 Å². The van der Waals surface area contributed by atoms with Gasteiger partial charge in [-0.1, -0.05) is 38.8 Å². The van der Waals surface area contributed by atoms with Gasteiger partial charge in [0.25, 0.3) is 0 Å². The Kier molecular flexibility index (Phi) is 4.12. The van der Waals surface area contributed by atoms with Gasteiger partial charge < -0.3 is 9.84 Å². The monoisotopic (exact) mass is 394 g/mol. The lowest BCUT2D eigenvalue weighted by molar-refractivity contribution is -0.138. The van der Waals surface area contributed by atoms with E-state index < -0.39 is 10.8 Å². The highest BCUT2D eigenvalue weighted by molar-refractivity contribution is 9.10. The first-order valence-corrected chi connectivity index (χ1v) is 7.97. The minimum Gasteiger partial charge on any atom is -0.512 e. The highest BCUT2D eigenvalue weighted by Gasteiger charge is 2.54. The summed E-state index contributed by atoms with van der Waals surface area (Å²) >= 11 is 6.81. The molecule has 0 bridgehead atoms. The second-order valence-corrected chi connectivity index (χ2v) is 7.55. The number of carbonyl (C=O) groups excluding carboxylic acids is 2. The van der Waals surface area contributed by atoms with Gasteiger partial charge in [0.2, 0.25) is 0 Å². The van der Waals surface area contributed by atoms with Crippen molar-refractivity contribution in [2.45, 2.75) is 35.8 Å². The molecule has 2 aliphatic carbocycles. The fraction of sp³-hybridized carbons (Fsp3) is 0.692. The number of rotatable bonds is 1. The minimum absolute atomic E-state index is 0.0126. The minimum atomic E-state index is -0.543. The second-order valence-electron chi connectivity index (χ2n) is 5.46. The van der Waals surface area contributed by atoms with E-state index in [9.17, 15) is 14.7 Å². The van der Waals surface area contributed by atoms with E-state index in [0.717, 1.165) is 6.42 Å². The summed E-state index contributed by atoms with van der Waals surface area (Å²) in [7, 11) is 1.29. The van der Waals surface area contributed by atoms with E-state index >= 15 is 0 Å². The number of methoxy groups -OCH3 is 1. The zero-order chi connectivity index (χ0) is 14.4. The summed E-state index contributed by atoms with van der Waals surface area (Å²) in [5.41, 5.74) is 0.0531. The van der Waals surface area contributed by atoms with Crippen LogP contribution in [0.1, 0.15) is 26.2 Å². The predicted molar refractivity (Wildman–Crippen MR) is 77.6 cm³/mol. The summed E-state index contributed by atoms with van der Waals surface area (Å²) in [6.07, 6.45) is 1.86. The van der Waals surface area contributed by atoms with Crippen LogP contribution in [0.2, 0.25) is 0 Å². The maximum Gasteiger partial charge on any atom is 0.337 e. The molecule has 0 radical (unpaired) electrons. The van der Waals surface area contributed by atoms with Crippen LogP contribution in [0.25, 0.3) is 0 Å². The van der Waals surface area contributed by atoms with Crippen LogP contribution >= 0.6 is 31.9 Å². The third-order valence-electron chi connectivity index (χ3n) is 4.23. The average Bonchev–Trinajstić information content (AvgIpc) is 2.37. The van der Waals surface area contributed by atoms with E-state index in [1.165, 1.54) is 7.11 Å². The van der Waals surface area contributed by atoms with Crippen molar-refractivity contribution in [3.05, 3.63) is 11.3 Å². The van der Waals surface area contributed by atoms with Crippen molar-refractivity contribution < 1.29 is 19.4 Å². The van der Waals surface area contributed by atoms with Gasteiger partial charge in [-0.25, -0.2) is 4.79 Å². The molecule has 0 aliphatic heterocycles. The van der Waals surface area contributed by atoms with Crippen molar-refractivity contribution in [1.29, 1.82) is 0 Å². The van der Waals surface area contributed by atoms with Gasteiger partial charge in [0, 0.05) is 12.3 Å². The molecule has 2 aliphatic rings. The number of Topliss-reactive ketones (excluding diaryl/α,β-unsaturated/α-hetero) is 1. The molecule has 4 atom stereocenters. The van der Waals surface area contributed by atoms with Crippen LogP contribution in [-0.4, -0.2) is 33.6 Å². The van der Waals surface area contributed by atoms with Gasteiger partial charge >= 0.3 is 5.97 Å². The molecule has 0 saturated heterocycles.